The lowest BCUT2D eigenvalue weighted by Crippen LogP contribution is -2.44. The molecular weight excluding hydrogens is 192 g/mol. The normalized spacial score (nSPS) is 28.2. The molecule has 84 valence electrons. The Bertz CT molecular complexity index is 314. The zero-order valence-electron chi connectivity index (χ0n) is 9.56. The topological polar surface area (TPSA) is 38.5 Å². The first-order valence-corrected chi connectivity index (χ1v) is 5.43. The van der Waals surface area contributed by atoms with E-state index in [4.69, 9.17) is 9.26 Å². The Labute approximate surface area is 90.2 Å². The average Bonchev–Trinajstić information content (AvgIpc) is 2.49. The lowest BCUT2D eigenvalue weighted by molar-refractivity contribution is -0.0721. The predicted octanol–water partition coefficient (Wildman–Crippen LogP) is 1.59. The van der Waals surface area contributed by atoms with Gasteiger partial charge in [0.2, 0.25) is 0 Å². The lowest BCUT2D eigenvalue weighted by atomic mass is 10.2. The molecule has 4 heteroatoms. The quantitative estimate of drug-likeness (QED) is 0.743. The largest absolute Gasteiger partial charge is 0.373 e. The summed E-state index contributed by atoms with van der Waals surface area (Å²) in [5.41, 5.74) is 0.944. The van der Waals surface area contributed by atoms with Crippen LogP contribution in [0.2, 0.25) is 0 Å². The van der Waals surface area contributed by atoms with Crippen molar-refractivity contribution in [2.75, 3.05) is 13.1 Å². The van der Waals surface area contributed by atoms with Crippen LogP contribution in [-0.2, 0) is 11.3 Å². The van der Waals surface area contributed by atoms with Gasteiger partial charge in [-0.2, -0.15) is 0 Å². The van der Waals surface area contributed by atoms with Crippen molar-refractivity contribution in [2.45, 2.75) is 39.5 Å². The van der Waals surface area contributed by atoms with E-state index in [9.17, 15) is 0 Å². The molecule has 1 aliphatic heterocycles. The van der Waals surface area contributed by atoms with E-state index in [2.05, 4.69) is 23.9 Å². The fourth-order valence-corrected chi connectivity index (χ4v) is 2.12. The van der Waals surface area contributed by atoms with Crippen molar-refractivity contribution in [1.82, 2.24) is 10.1 Å². The molecule has 0 aliphatic carbocycles. The molecule has 1 saturated heterocycles. The van der Waals surface area contributed by atoms with Gasteiger partial charge in [-0.05, 0) is 20.8 Å². The van der Waals surface area contributed by atoms with Crippen LogP contribution in [0.3, 0.4) is 0 Å². The SMILES string of the molecule is Cc1cc(CN2C[C@H](C)O[C@@H](C)C2)on1. The van der Waals surface area contributed by atoms with Crippen molar-refractivity contribution >= 4 is 0 Å². The third-order valence-corrected chi connectivity index (χ3v) is 2.55. The Morgan fingerprint density at radius 1 is 1.40 bits per heavy atom. The minimum Gasteiger partial charge on any atom is -0.373 e. The molecule has 0 bridgehead atoms. The number of morpholine rings is 1. The van der Waals surface area contributed by atoms with E-state index in [0.717, 1.165) is 31.1 Å². The Morgan fingerprint density at radius 2 is 2.07 bits per heavy atom. The molecule has 2 atom stereocenters. The average molecular weight is 210 g/mol. The molecule has 1 aromatic rings. The Balaban J connectivity index is 1.94. The van der Waals surface area contributed by atoms with E-state index < -0.39 is 0 Å². The molecule has 0 saturated carbocycles. The number of hydrogen-bond donors (Lipinski definition) is 0. The van der Waals surface area contributed by atoms with Gasteiger partial charge in [0.15, 0.2) is 5.76 Å². The Kier molecular flexibility index (Phi) is 3.07. The second-order valence-electron chi connectivity index (χ2n) is 4.39. The number of aromatic nitrogens is 1. The molecule has 2 rings (SSSR count). The van der Waals surface area contributed by atoms with Gasteiger partial charge in [-0.3, -0.25) is 4.90 Å². The maximum Gasteiger partial charge on any atom is 0.150 e. The molecule has 0 N–H and O–H groups in total. The second-order valence-corrected chi connectivity index (χ2v) is 4.39. The molecule has 1 fully saturated rings. The maximum absolute atomic E-state index is 5.67. The first-order chi connectivity index (χ1) is 7.13. The van der Waals surface area contributed by atoms with Gasteiger partial charge < -0.3 is 9.26 Å². The van der Waals surface area contributed by atoms with E-state index in [1.165, 1.54) is 0 Å². The van der Waals surface area contributed by atoms with Crippen LogP contribution in [0.4, 0.5) is 0 Å². The smallest absolute Gasteiger partial charge is 0.150 e. The third-order valence-electron chi connectivity index (χ3n) is 2.55. The van der Waals surface area contributed by atoms with Crippen LogP contribution in [0.1, 0.15) is 25.3 Å². The number of rotatable bonds is 2. The fourth-order valence-electron chi connectivity index (χ4n) is 2.12. The van der Waals surface area contributed by atoms with Gasteiger partial charge in [-0.25, -0.2) is 0 Å². The van der Waals surface area contributed by atoms with Gasteiger partial charge in [0.25, 0.3) is 0 Å². The van der Waals surface area contributed by atoms with Crippen LogP contribution in [0.5, 0.6) is 0 Å². The van der Waals surface area contributed by atoms with Crippen LogP contribution in [0.25, 0.3) is 0 Å². The van der Waals surface area contributed by atoms with E-state index >= 15 is 0 Å². The molecular formula is C11H18N2O2. The second kappa shape index (κ2) is 4.33. The summed E-state index contributed by atoms with van der Waals surface area (Å²) in [6, 6.07) is 1.99. The number of hydrogen-bond acceptors (Lipinski definition) is 4. The van der Waals surface area contributed by atoms with E-state index in [1.54, 1.807) is 0 Å². The Morgan fingerprint density at radius 3 is 2.60 bits per heavy atom. The van der Waals surface area contributed by atoms with Gasteiger partial charge >= 0.3 is 0 Å². The van der Waals surface area contributed by atoms with Crippen LogP contribution >= 0.6 is 0 Å². The molecule has 0 aromatic carbocycles. The number of ether oxygens (including phenoxy) is 1. The van der Waals surface area contributed by atoms with Crippen molar-refractivity contribution in [3.8, 4) is 0 Å². The zero-order chi connectivity index (χ0) is 10.8. The zero-order valence-corrected chi connectivity index (χ0v) is 9.56. The van der Waals surface area contributed by atoms with Gasteiger partial charge in [0.1, 0.15) is 0 Å². The summed E-state index contributed by atoms with van der Waals surface area (Å²) < 4.78 is 10.9. The highest BCUT2D eigenvalue weighted by atomic mass is 16.5. The summed E-state index contributed by atoms with van der Waals surface area (Å²) in [6.45, 7) is 8.91. The molecule has 2 heterocycles. The minimum atomic E-state index is 0.303. The van der Waals surface area contributed by atoms with Crippen molar-refractivity contribution in [1.29, 1.82) is 0 Å². The van der Waals surface area contributed by atoms with Crippen LogP contribution in [-0.4, -0.2) is 35.4 Å². The minimum absolute atomic E-state index is 0.303. The Hall–Kier alpha value is -0.870. The van der Waals surface area contributed by atoms with Crippen LogP contribution in [0.15, 0.2) is 10.6 Å². The molecule has 15 heavy (non-hydrogen) atoms. The molecule has 0 unspecified atom stereocenters. The van der Waals surface area contributed by atoms with Crippen molar-refractivity contribution in [3.05, 3.63) is 17.5 Å². The van der Waals surface area contributed by atoms with Gasteiger partial charge in [0, 0.05) is 19.2 Å². The molecule has 0 spiro atoms. The number of nitrogens with zero attached hydrogens (tertiary/aromatic N) is 2. The monoisotopic (exact) mass is 210 g/mol. The van der Waals surface area contributed by atoms with E-state index in [1.807, 2.05) is 13.0 Å². The summed E-state index contributed by atoms with van der Waals surface area (Å²) in [5, 5.41) is 3.89. The standard InChI is InChI=1S/C11H18N2O2/c1-8-4-11(15-12-8)7-13-5-9(2)14-10(3)6-13/h4,9-10H,5-7H2,1-3H3/t9-,10-/m0/s1. The summed E-state index contributed by atoms with van der Waals surface area (Å²) in [5.74, 6) is 0.939. The van der Waals surface area contributed by atoms with E-state index in [0.29, 0.717) is 12.2 Å². The highest BCUT2D eigenvalue weighted by molar-refractivity contribution is 5.03. The first kappa shape index (κ1) is 10.6. The molecule has 0 amide bonds. The summed E-state index contributed by atoms with van der Waals surface area (Å²) in [7, 11) is 0. The maximum atomic E-state index is 5.67. The number of aryl methyl sites for hydroxylation is 1. The lowest BCUT2D eigenvalue weighted by Gasteiger charge is -2.34. The molecule has 4 nitrogen and oxygen atoms in total. The fraction of sp³-hybridized carbons (Fsp3) is 0.727. The molecule has 1 aromatic heterocycles. The summed E-state index contributed by atoms with van der Waals surface area (Å²) in [4.78, 5) is 2.35. The van der Waals surface area contributed by atoms with Gasteiger partial charge in [-0.1, -0.05) is 5.16 Å². The van der Waals surface area contributed by atoms with Crippen molar-refractivity contribution in [3.63, 3.8) is 0 Å². The highest BCUT2D eigenvalue weighted by Crippen LogP contribution is 2.14. The summed E-state index contributed by atoms with van der Waals surface area (Å²) >= 11 is 0. The highest BCUT2D eigenvalue weighted by Gasteiger charge is 2.22. The van der Waals surface area contributed by atoms with Crippen LogP contribution < -0.4 is 0 Å². The van der Waals surface area contributed by atoms with Crippen LogP contribution in [0, 0.1) is 6.92 Å². The molecule has 0 radical (unpaired) electrons. The predicted molar refractivity (Wildman–Crippen MR) is 56.5 cm³/mol. The third kappa shape index (κ3) is 2.79. The summed E-state index contributed by atoms with van der Waals surface area (Å²) in [6.07, 6.45) is 0.607. The van der Waals surface area contributed by atoms with E-state index in [-0.39, 0.29) is 0 Å². The first-order valence-electron chi connectivity index (χ1n) is 5.43. The van der Waals surface area contributed by atoms with Crippen molar-refractivity contribution in [2.24, 2.45) is 0 Å². The van der Waals surface area contributed by atoms with Crippen molar-refractivity contribution < 1.29 is 9.26 Å². The van der Waals surface area contributed by atoms with Gasteiger partial charge in [0.05, 0.1) is 24.4 Å². The van der Waals surface area contributed by atoms with Gasteiger partial charge in [-0.15, -0.1) is 0 Å². The molecule has 1 aliphatic rings.